The Kier molecular flexibility index (Phi) is 4.08. The van der Waals surface area contributed by atoms with E-state index in [2.05, 4.69) is 24.9 Å². The molecule has 0 spiro atoms. The number of sulfonamides is 1. The van der Waals surface area contributed by atoms with E-state index in [-0.39, 0.29) is 16.9 Å². The molecular formula is C19H17N7O2S. The second-order valence-electron chi connectivity index (χ2n) is 7.19. The third kappa shape index (κ3) is 3.04. The van der Waals surface area contributed by atoms with Crippen molar-refractivity contribution in [3.05, 3.63) is 54.1 Å². The summed E-state index contributed by atoms with van der Waals surface area (Å²) in [6.07, 6.45) is 5.68. The summed E-state index contributed by atoms with van der Waals surface area (Å²) in [6, 6.07) is 9.65. The summed E-state index contributed by atoms with van der Waals surface area (Å²) in [6.45, 7) is 0. The van der Waals surface area contributed by atoms with E-state index in [0.717, 1.165) is 29.8 Å². The molecule has 10 heteroatoms. The smallest absolute Gasteiger partial charge is 0.240 e. The van der Waals surface area contributed by atoms with Crippen molar-refractivity contribution in [2.24, 2.45) is 0 Å². The molecular weight excluding hydrogens is 390 g/mol. The lowest BCUT2D eigenvalue weighted by molar-refractivity contribution is 0.546. The number of nitriles is 1. The van der Waals surface area contributed by atoms with Crippen LogP contribution in [0.1, 0.15) is 36.6 Å². The van der Waals surface area contributed by atoms with Crippen LogP contribution in [0.3, 0.4) is 0 Å². The number of aromatic amines is 1. The van der Waals surface area contributed by atoms with Crippen LogP contribution in [0.5, 0.6) is 0 Å². The second kappa shape index (κ2) is 6.65. The maximum atomic E-state index is 12.7. The standard InChI is InChI=1S/C19H17N7O2S/c20-10-12-1-5-15(6-2-12)29(27,28)25-14-4-3-13(9-14)19-24-23-17-11-22-18-16(26(17)19)7-8-21-18/h1-2,5-8,11,13-14,21,25H,3-4,9H2/t13-,14+/m1/s1. The van der Waals surface area contributed by atoms with E-state index in [9.17, 15) is 8.42 Å². The highest BCUT2D eigenvalue weighted by molar-refractivity contribution is 7.89. The fourth-order valence-corrected chi connectivity index (χ4v) is 5.26. The Bertz CT molecular complexity index is 1350. The molecule has 2 N–H and O–H groups in total. The molecule has 0 unspecified atom stereocenters. The molecule has 1 aliphatic rings. The van der Waals surface area contributed by atoms with E-state index in [1.807, 2.05) is 22.7 Å². The van der Waals surface area contributed by atoms with Gasteiger partial charge < -0.3 is 4.98 Å². The number of hydrogen-bond acceptors (Lipinski definition) is 6. The SMILES string of the molecule is N#Cc1ccc(S(=O)(=O)N[C@H]2CC[C@@H](c3nnc4cnc5[nH]ccc5n34)C2)cc1. The lowest BCUT2D eigenvalue weighted by Crippen LogP contribution is -2.33. The van der Waals surface area contributed by atoms with E-state index >= 15 is 0 Å². The van der Waals surface area contributed by atoms with Crippen molar-refractivity contribution in [2.75, 3.05) is 0 Å². The predicted octanol–water partition coefficient (Wildman–Crippen LogP) is 2.09. The molecule has 1 saturated carbocycles. The van der Waals surface area contributed by atoms with Crippen LogP contribution in [0.2, 0.25) is 0 Å². The van der Waals surface area contributed by atoms with Crippen molar-refractivity contribution in [1.82, 2.24) is 29.3 Å². The van der Waals surface area contributed by atoms with Gasteiger partial charge in [0.25, 0.3) is 0 Å². The fraction of sp³-hybridized carbons (Fsp3) is 0.263. The Morgan fingerprint density at radius 3 is 2.79 bits per heavy atom. The maximum absolute atomic E-state index is 12.7. The molecule has 3 heterocycles. The molecule has 1 aliphatic carbocycles. The molecule has 0 amide bonds. The fourth-order valence-electron chi connectivity index (χ4n) is 3.98. The van der Waals surface area contributed by atoms with Gasteiger partial charge in [0.05, 0.1) is 28.2 Å². The Labute approximate surface area is 166 Å². The maximum Gasteiger partial charge on any atom is 0.240 e. The van der Waals surface area contributed by atoms with Crippen molar-refractivity contribution in [2.45, 2.75) is 36.1 Å². The average molecular weight is 407 g/mol. The van der Waals surface area contributed by atoms with Crippen LogP contribution in [-0.2, 0) is 10.0 Å². The first-order valence-electron chi connectivity index (χ1n) is 9.25. The molecule has 2 atom stereocenters. The number of nitrogens with zero attached hydrogens (tertiary/aromatic N) is 5. The van der Waals surface area contributed by atoms with E-state index in [0.29, 0.717) is 17.6 Å². The topological polar surface area (TPSA) is 129 Å². The molecule has 3 aromatic heterocycles. The molecule has 146 valence electrons. The highest BCUT2D eigenvalue weighted by Crippen LogP contribution is 2.35. The third-order valence-corrected chi connectivity index (χ3v) is 6.92. The van der Waals surface area contributed by atoms with Gasteiger partial charge in [-0.25, -0.2) is 18.1 Å². The summed E-state index contributed by atoms with van der Waals surface area (Å²) in [4.78, 5) is 7.57. The molecule has 0 saturated heterocycles. The minimum Gasteiger partial charge on any atom is -0.345 e. The van der Waals surface area contributed by atoms with E-state index in [1.54, 1.807) is 6.20 Å². The van der Waals surface area contributed by atoms with Gasteiger partial charge in [-0.05, 0) is 49.6 Å². The third-order valence-electron chi connectivity index (χ3n) is 5.38. The van der Waals surface area contributed by atoms with Gasteiger partial charge >= 0.3 is 0 Å². The van der Waals surface area contributed by atoms with Crippen LogP contribution in [0.15, 0.2) is 47.6 Å². The zero-order valence-corrected chi connectivity index (χ0v) is 16.1. The number of rotatable bonds is 4. The van der Waals surface area contributed by atoms with Crippen LogP contribution in [0, 0.1) is 11.3 Å². The Hall–Kier alpha value is -3.29. The molecule has 0 bridgehead atoms. The van der Waals surface area contributed by atoms with E-state index < -0.39 is 10.0 Å². The average Bonchev–Trinajstić information content (AvgIpc) is 3.45. The first-order chi connectivity index (χ1) is 14.0. The monoisotopic (exact) mass is 407 g/mol. The molecule has 5 rings (SSSR count). The van der Waals surface area contributed by atoms with Crippen molar-refractivity contribution in [3.8, 4) is 6.07 Å². The van der Waals surface area contributed by atoms with Crippen LogP contribution >= 0.6 is 0 Å². The van der Waals surface area contributed by atoms with E-state index in [1.165, 1.54) is 24.3 Å². The van der Waals surface area contributed by atoms with Crippen LogP contribution in [0.25, 0.3) is 16.8 Å². The summed E-state index contributed by atoms with van der Waals surface area (Å²) >= 11 is 0. The normalized spacial score (nSPS) is 19.7. The number of fused-ring (bicyclic) bond motifs is 3. The minimum atomic E-state index is -3.65. The Morgan fingerprint density at radius 1 is 1.17 bits per heavy atom. The van der Waals surface area contributed by atoms with Crippen molar-refractivity contribution < 1.29 is 8.42 Å². The van der Waals surface area contributed by atoms with Gasteiger partial charge in [0.2, 0.25) is 10.0 Å². The van der Waals surface area contributed by atoms with Gasteiger partial charge in [-0.3, -0.25) is 4.40 Å². The number of aromatic nitrogens is 5. The first kappa shape index (κ1) is 17.8. The van der Waals surface area contributed by atoms with Crippen molar-refractivity contribution in [3.63, 3.8) is 0 Å². The highest BCUT2D eigenvalue weighted by Gasteiger charge is 2.32. The number of H-pyrrole nitrogens is 1. The second-order valence-corrected chi connectivity index (χ2v) is 8.90. The summed E-state index contributed by atoms with van der Waals surface area (Å²) in [5, 5.41) is 17.5. The molecule has 9 nitrogen and oxygen atoms in total. The molecule has 4 aromatic rings. The van der Waals surface area contributed by atoms with Gasteiger partial charge in [-0.15, -0.1) is 10.2 Å². The van der Waals surface area contributed by atoms with Gasteiger partial charge in [0.15, 0.2) is 11.3 Å². The molecule has 29 heavy (non-hydrogen) atoms. The predicted molar refractivity (Wildman–Crippen MR) is 104 cm³/mol. The molecule has 0 radical (unpaired) electrons. The Balaban J connectivity index is 1.38. The highest BCUT2D eigenvalue weighted by atomic mass is 32.2. The van der Waals surface area contributed by atoms with Crippen LogP contribution in [-0.4, -0.2) is 39.0 Å². The molecule has 1 fully saturated rings. The zero-order chi connectivity index (χ0) is 20.0. The summed E-state index contributed by atoms with van der Waals surface area (Å²) in [7, 11) is -3.65. The van der Waals surface area contributed by atoms with Crippen molar-refractivity contribution >= 4 is 26.8 Å². The van der Waals surface area contributed by atoms with Gasteiger partial charge in [0.1, 0.15) is 5.82 Å². The minimum absolute atomic E-state index is 0.0964. The van der Waals surface area contributed by atoms with Crippen LogP contribution in [0.4, 0.5) is 0 Å². The van der Waals surface area contributed by atoms with E-state index in [4.69, 9.17) is 5.26 Å². The van der Waals surface area contributed by atoms with Gasteiger partial charge in [0, 0.05) is 18.2 Å². The number of hydrogen-bond donors (Lipinski definition) is 2. The summed E-state index contributed by atoms with van der Waals surface area (Å²) in [5.41, 5.74) is 2.77. The zero-order valence-electron chi connectivity index (χ0n) is 15.3. The largest absolute Gasteiger partial charge is 0.345 e. The lowest BCUT2D eigenvalue weighted by atomic mass is 10.1. The molecule has 1 aromatic carbocycles. The van der Waals surface area contributed by atoms with Gasteiger partial charge in [-0.2, -0.15) is 5.26 Å². The number of nitrogens with one attached hydrogen (secondary N) is 2. The van der Waals surface area contributed by atoms with Crippen molar-refractivity contribution in [1.29, 1.82) is 5.26 Å². The first-order valence-corrected chi connectivity index (χ1v) is 10.7. The lowest BCUT2D eigenvalue weighted by Gasteiger charge is -2.13. The molecule has 0 aliphatic heterocycles. The van der Waals surface area contributed by atoms with Gasteiger partial charge in [-0.1, -0.05) is 0 Å². The summed E-state index contributed by atoms with van der Waals surface area (Å²) < 4.78 is 30.2. The Morgan fingerprint density at radius 2 is 2.00 bits per heavy atom. The van der Waals surface area contributed by atoms with Crippen LogP contribution < -0.4 is 4.72 Å². The number of benzene rings is 1. The summed E-state index contributed by atoms with van der Waals surface area (Å²) in [5.74, 6) is 0.922. The quantitative estimate of drug-likeness (QED) is 0.533.